The summed E-state index contributed by atoms with van der Waals surface area (Å²) < 4.78 is 16.0. The van der Waals surface area contributed by atoms with Crippen LogP contribution in [0.15, 0.2) is 0 Å². The maximum absolute atomic E-state index is 11.4. The normalized spacial score (nSPS) is 46.3. The summed E-state index contributed by atoms with van der Waals surface area (Å²) >= 11 is 0. The third kappa shape index (κ3) is 3.84. The van der Waals surface area contributed by atoms with Crippen molar-refractivity contribution in [1.29, 1.82) is 0 Å². The average Bonchev–Trinajstić information content (AvgIpc) is 2.86. The molecule has 0 radical (unpaired) electrons. The second-order valence-corrected chi connectivity index (χ2v) is 6.30. The van der Waals surface area contributed by atoms with Crippen molar-refractivity contribution in [2.75, 3.05) is 19.8 Å². The Morgan fingerprint density at radius 3 is 2.12 bits per heavy atom. The van der Waals surface area contributed by atoms with Gasteiger partial charge in [0.25, 0.3) is 0 Å². The van der Waals surface area contributed by atoms with Gasteiger partial charge in [0, 0.05) is 6.92 Å². The van der Waals surface area contributed by atoms with Crippen molar-refractivity contribution in [3.63, 3.8) is 0 Å². The maximum Gasteiger partial charge on any atom is 0.224 e. The van der Waals surface area contributed by atoms with Gasteiger partial charge in [0.1, 0.15) is 49.3 Å². The summed E-state index contributed by atoms with van der Waals surface area (Å²) in [6, 6.07) is -1.34. The molecular weight excluding hydrogens is 358 g/mol. The lowest BCUT2D eigenvalue weighted by molar-refractivity contribution is -0.368. The van der Waals surface area contributed by atoms with E-state index >= 15 is 0 Å². The van der Waals surface area contributed by atoms with Crippen LogP contribution in [0.3, 0.4) is 0 Å². The highest BCUT2D eigenvalue weighted by atomic mass is 16.8. The average molecular weight is 383 g/mol. The molecule has 9 atom stereocenters. The van der Waals surface area contributed by atoms with Gasteiger partial charge in [-0.2, -0.15) is 0 Å². The molecule has 152 valence electrons. The quantitative estimate of drug-likeness (QED) is 0.218. The molecule has 2 saturated heterocycles. The summed E-state index contributed by atoms with van der Waals surface area (Å²) in [5, 5.41) is 70.7. The minimum Gasteiger partial charge on any atom is -0.394 e. The molecule has 2 heterocycles. The molecule has 26 heavy (non-hydrogen) atoms. The fourth-order valence-corrected chi connectivity index (χ4v) is 3.04. The van der Waals surface area contributed by atoms with Crippen LogP contribution in [0.4, 0.5) is 0 Å². The highest BCUT2D eigenvalue weighted by molar-refractivity contribution is 5.73. The topological polar surface area (TPSA) is 198 Å². The third-order valence-electron chi connectivity index (χ3n) is 4.47. The Labute approximate surface area is 148 Å². The first kappa shape index (κ1) is 21.4. The molecular formula is C14H25NO11. The Kier molecular flexibility index (Phi) is 6.90. The van der Waals surface area contributed by atoms with E-state index in [4.69, 9.17) is 14.2 Å². The van der Waals surface area contributed by atoms with E-state index in [9.17, 15) is 40.5 Å². The second-order valence-electron chi connectivity index (χ2n) is 6.30. The van der Waals surface area contributed by atoms with Gasteiger partial charge in [0.05, 0.1) is 13.2 Å². The molecule has 2 aliphatic heterocycles. The van der Waals surface area contributed by atoms with Crippen molar-refractivity contribution >= 4 is 5.91 Å². The lowest BCUT2D eigenvalue weighted by atomic mass is 9.96. The molecule has 8 N–H and O–H groups in total. The Balaban J connectivity index is 2.28. The summed E-state index contributed by atoms with van der Waals surface area (Å²) in [4.78, 5) is 11.4. The van der Waals surface area contributed by atoms with E-state index in [2.05, 4.69) is 5.32 Å². The molecule has 2 fully saturated rings. The first-order valence-electron chi connectivity index (χ1n) is 8.03. The van der Waals surface area contributed by atoms with Crippen molar-refractivity contribution < 1.29 is 54.8 Å². The number of hydrogen-bond donors (Lipinski definition) is 8. The first-order chi connectivity index (χ1) is 12.2. The van der Waals surface area contributed by atoms with E-state index in [-0.39, 0.29) is 0 Å². The highest BCUT2D eigenvalue weighted by Gasteiger charge is 2.58. The Hall–Kier alpha value is -0.930. The molecule has 1 amide bonds. The number of amides is 1. The van der Waals surface area contributed by atoms with E-state index in [1.807, 2.05) is 0 Å². The highest BCUT2D eigenvalue weighted by Crippen LogP contribution is 2.35. The molecule has 0 aliphatic carbocycles. The third-order valence-corrected chi connectivity index (χ3v) is 4.47. The monoisotopic (exact) mass is 383 g/mol. The fourth-order valence-electron chi connectivity index (χ4n) is 3.04. The number of carbonyl (C=O) groups is 1. The van der Waals surface area contributed by atoms with Crippen LogP contribution in [-0.4, -0.2) is 116 Å². The molecule has 2 rings (SSSR count). The number of aliphatic hydroxyl groups excluding tert-OH is 7. The number of nitrogens with one attached hydrogen (secondary N) is 1. The number of carbonyl (C=O) groups excluding carboxylic acids is 1. The standard InChI is InChI=1S/C14H25NO11/c1-5(19)15-8-11(22)9(20)6(2-16)24-13(8)26-14(4-18)12(23)10(21)7(3-17)25-14/h6-13,16-18,20-23H,2-4H2,1H3,(H,15,19)/t6-,7-,8-,9-,10-,11-,12+,13+,14+/m1/s1. The van der Waals surface area contributed by atoms with Crippen LogP contribution in [0.1, 0.15) is 6.92 Å². The van der Waals surface area contributed by atoms with Crippen LogP contribution in [-0.2, 0) is 19.0 Å². The van der Waals surface area contributed by atoms with Gasteiger partial charge >= 0.3 is 0 Å². The molecule has 0 spiro atoms. The molecule has 0 unspecified atom stereocenters. The van der Waals surface area contributed by atoms with E-state index in [0.717, 1.165) is 6.92 Å². The molecule has 0 bridgehead atoms. The minimum absolute atomic E-state index is 0.597. The predicted molar refractivity (Wildman–Crippen MR) is 80.2 cm³/mol. The van der Waals surface area contributed by atoms with Gasteiger partial charge in [-0.25, -0.2) is 0 Å². The smallest absolute Gasteiger partial charge is 0.224 e. The summed E-state index contributed by atoms with van der Waals surface area (Å²) in [5.74, 6) is -2.82. The fraction of sp³-hybridized carbons (Fsp3) is 0.929. The van der Waals surface area contributed by atoms with E-state index < -0.39 is 80.5 Å². The molecule has 0 saturated carbocycles. The van der Waals surface area contributed by atoms with Crippen molar-refractivity contribution in [3.8, 4) is 0 Å². The zero-order chi connectivity index (χ0) is 19.6. The molecule has 0 aromatic heterocycles. The molecule has 0 aromatic rings. The molecule has 12 nitrogen and oxygen atoms in total. The van der Waals surface area contributed by atoms with Gasteiger partial charge < -0.3 is 55.3 Å². The molecule has 0 aromatic carbocycles. The van der Waals surface area contributed by atoms with E-state index in [1.54, 1.807) is 0 Å². The number of hydrogen-bond acceptors (Lipinski definition) is 11. The van der Waals surface area contributed by atoms with E-state index in [1.165, 1.54) is 0 Å². The van der Waals surface area contributed by atoms with Gasteiger partial charge in [-0.15, -0.1) is 0 Å². The van der Waals surface area contributed by atoms with Crippen LogP contribution in [0, 0.1) is 0 Å². The van der Waals surface area contributed by atoms with Crippen LogP contribution < -0.4 is 5.32 Å². The largest absolute Gasteiger partial charge is 0.394 e. The van der Waals surface area contributed by atoms with Gasteiger partial charge in [0.15, 0.2) is 6.29 Å². The van der Waals surface area contributed by atoms with Crippen LogP contribution >= 0.6 is 0 Å². The zero-order valence-electron chi connectivity index (χ0n) is 14.0. The summed E-state index contributed by atoms with van der Waals surface area (Å²) in [7, 11) is 0. The Morgan fingerprint density at radius 2 is 1.65 bits per heavy atom. The summed E-state index contributed by atoms with van der Waals surface area (Å²) in [5.41, 5.74) is 0. The van der Waals surface area contributed by atoms with Gasteiger partial charge in [-0.05, 0) is 0 Å². The SMILES string of the molecule is CC(=O)N[C@H]1[C@H](O[C@]2(CO)O[C@H](CO)[C@@H](O)[C@@H]2O)O[C@H](CO)[C@@H](O)[C@@H]1O. The summed E-state index contributed by atoms with van der Waals surface area (Å²) in [6.45, 7) is -1.19. The number of aliphatic hydroxyl groups is 7. The summed E-state index contributed by atoms with van der Waals surface area (Å²) in [6.07, 6.45) is -10.6. The van der Waals surface area contributed by atoms with Crippen molar-refractivity contribution in [2.24, 2.45) is 0 Å². The van der Waals surface area contributed by atoms with Crippen LogP contribution in [0.25, 0.3) is 0 Å². The van der Waals surface area contributed by atoms with E-state index in [0.29, 0.717) is 0 Å². The Morgan fingerprint density at radius 1 is 1.04 bits per heavy atom. The second kappa shape index (κ2) is 8.39. The maximum atomic E-state index is 11.4. The molecule has 2 aliphatic rings. The van der Waals surface area contributed by atoms with Crippen molar-refractivity contribution in [1.82, 2.24) is 5.32 Å². The first-order valence-corrected chi connectivity index (χ1v) is 8.03. The number of ether oxygens (including phenoxy) is 3. The Bertz CT molecular complexity index is 494. The lowest BCUT2D eigenvalue weighted by Gasteiger charge is -2.45. The predicted octanol–water partition coefficient (Wildman–Crippen LogP) is -5.25. The van der Waals surface area contributed by atoms with Gasteiger partial charge in [-0.1, -0.05) is 0 Å². The van der Waals surface area contributed by atoms with Crippen molar-refractivity contribution in [2.45, 2.75) is 61.7 Å². The van der Waals surface area contributed by atoms with Gasteiger partial charge in [0.2, 0.25) is 11.7 Å². The van der Waals surface area contributed by atoms with Crippen molar-refractivity contribution in [3.05, 3.63) is 0 Å². The van der Waals surface area contributed by atoms with Crippen LogP contribution in [0.2, 0.25) is 0 Å². The molecule has 12 heteroatoms. The lowest BCUT2D eigenvalue weighted by Crippen LogP contribution is -2.67. The zero-order valence-corrected chi connectivity index (χ0v) is 14.0. The number of rotatable bonds is 6. The van der Waals surface area contributed by atoms with Gasteiger partial charge in [-0.3, -0.25) is 4.79 Å². The van der Waals surface area contributed by atoms with Crippen LogP contribution in [0.5, 0.6) is 0 Å². The minimum atomic E-state index is -2.23.